The average molecular weight is 594 g/mol. The van der Waals surface area contributed by atoms with E-state index in [0.29, 0.717) is 28.8 Å². The molecule has 1 amide bonds. The zero-order chi connectivity index (χ0) is 30.1. The third kappa shape index (κ3) is 6.14. The van der Waals surface area contributed by atoms with Gasteiger partial charge in [0, 0.05) is 25.4 Å². The van der Waals surface area contributed by atoms with Crippen molar-refractivity contribution in [1.82, 2.24) is 19.9 Å². The van der Waals surface area contributed by atoms with E-state index in [9.17, 15) is 35.6 Å². The Morgan fingerprint density at radius 2 is 1.83 bits per heavy atom. The normalized spacial score (nSPS) is 12.7. The van der Waals surface area contributed by atoms with Crippen molar-refractivity contribution >= 4 is 32.5 Å². The minimum atomic E-state index is -5.11. The van der Waals surface area contributed by atoms with Crippen molar-refractivity contribution in [2.24, 2.45) is 5.92 Å². The Morgan fingerprint density at radius 1 is 1.10 bits per heavy atom. The summed E-state index contributed by atoms with van der Waals surface area (Å²) >= 11 is 0. The first-order valence-electron chi connectivity index (χ1n) is 11.9. The van der Waals surface area contributed by atoms with Crippen molar-refractivity contribution in [2.75, 3.05) is 18.9 Å². The molecule has 0 aliphatic rings. The third-order valence-electron chi connectivity index (χ3n) is 6.16. The number of nitrogens with one attached hydrogen (secondary N) is 2. The zero-order valence-electron chi connectivity index (χ0n) is 21.8. The Bertz CT molecular complexity index is 1810. The van der Waals surface area contributed by atoms with Gasteiger partial charge in [0.2, 0.25) is 11.8 Å². The number of benzene rings is 2. The molecule has 2 aromatic carbocycles. The molecule has 0 fully saturated rings. The van der Waals surface area contributed by atoms with Gasteiger partial charge in [0.25, 0.3) is 15.6 Å². The van der Waals surface area contributed by atoms with Gasteiger partial charge in [-0.15, -0.1) is 0 Å². The largest absolute Gasteiger partial charge is 0.480 e. The Kier molecular flexibility index (Phi) is 8.01. The molecule has 2 heterocycles. The van der Waals surface area contributed by atoms with Gasteiger partial charge in [-0.1, -0.05) is 13.0 Å². The molecule has 0 aliphatic heterocycles. The highest BCUT2D eigenvalue weighted by Gasteiger charge is 2.35. The molecule has 216 valence electrons. The summed E-state index contributed by atoms with van der Waals surface area (Å²) in [4.78, 5) is 32.6. The van der Waals surface area contributed by atoms with Crippen LogP contribution in [0.2, 0.25) is 0 Å². The van der Waals surface area contributed by atoms with Gasteiger partial charge in [0.15, 0.2) is 0 Å². The first kappa shape index (κ1) is 29.5. The molecule has 4 aromatic rings. The molecule has 0 unspecified atom stereocenters. The lowest BCUT2D eigenvalue weighted by molar-refractivity contribution is -0.140. The number of amides is 1. The van der Waals surface area contributed by atoms with Crippen molar-refractivity contribution in [3.05, 3.63) is 76.7 Å². The molecule has 0 aliphatic carbocycles. The molecule has 41 heavy (non-hydrogen) atoms. The highest BCUT2D eigenvalue weighted by atomic mass is 32.2. The van der Waals surface area contributed by atoms with Crippen molar-refractivity contribution < 1.29 is 35.5 Å². The van der Waals surface area contributed by atoms with Gasteiger partial charge < -0.3 is 10.1 Å². The van der Waals surface area contributed by atoms with Crippen LogP contribution in [-0.4, -0.2) is 43.0 Å². The third-order valence-corrected chi connectivity index (χ3v) is 7.53. The lowest BCUT2D eigenvalue weighted by Gasteiger charge is -2.15. The van der Waals surface area contributed by atoms with Gasteiger partial charge in [-0.3, -0.25) is 18.9 Å². The number of hydrogen-bond acceptors (Lipinski definition) is 7. The minimum Gasteiger partial charge on any atom is -0.480 e. The van der Waals surface area contributed by atoms with Gasteiger partial charge in [-0.2, -0.15) is 13.2 Å². The number of sulfonamides is 1. The van der Waals surface area contributed by atoms with Crippen LogP contribution >= 0.6 is 0 Å². The van der Waals surface area contributed by atoms with Crippen molar-refractivity contribution in [3.8, 4) is 17.0 Å². The summed E-state index contributed by atoms with van der Waals surface area (Å²) in [6.07, 6.45) is -2.43. The van der Waals surface area contributed by atoms with Crippen LogP contribution in [0, 0.1) is 11.7 Å². The molecule has 10 nitrogen and oxygen atoms in total. The highest BCUT2D eigenvalue weighted by Crippen LogP contribution is 2.34. The van der Waals surface area contributed by atoms with Gasteiger partial charge in [0.05, 0.1) is 40.7 Å². The zero-order valence-corrected chi connectivity index (χ0v) is 22.6. The highest BCUT2D eigenvalue weighted by molar-refractivity contribution is 7.92. The Morgan fingerprint density at radius 3 is 2.49 bits per heavy atom. The summed E-state index contributed by atoms with van der Waals surface area (Å²) in [5, 5.41) is 2.74. The van der Waals surface area contributed by atoms with E-state index in [1.807, 2.05) is 0 Å². The number of carbonyl (C=O) groups excluding carboxylic acids is 1. The Balaban J connectivity index is 1.73. The minimum absolute atomic E-state index is 0.0845. The second-order valence-corrected chi connectivity index (χ2v) is 10.7. The fourth-order valence-corrected chi connectivity index (χ4v) is 5.11. The molecule has 4 rings (SSSR count). The average Bonchev–Trinajstić information content (AvgIpc) is 2.93. The summed E-state index contributed by atoms with van der Waals surface area (Å²) in [7, 11) is -1.94. The molecule has 0 saturated heterocycles. The van der Waals surface area contributed by atoms with Crippen LogP contribution in [0.15, 0.2) is 64.7 Å². The molecule has 2 aromatic heterocycles. The van der Waals surface area contributed by atoms with E-state index in [1.165, 1.54) is 43.4 Å². The van der Waals surface area contributed by atoms with E-state index in [-0.39, 0.29) is 35.5 Å². The molecule has 0 radical (unpaired) electrons. The van der Waals surface area contributed by atoms with Crippen LogP contribution in [0.4, 0.5) is 23.2 Å². The smallest absolute Gasteiger partial charge is 0.419 e. The van der Waals surface area contributed by atoms with E-state index in [0.717, 1.165) is 0 Å². The van der Waals surface area contributed by atoms with E-state index >= 15 is 0 Å². The van der Waals surface area contributed by atoms with Crippen molar-refractivity contribution in [1.29, 1.82) is 0 Å². The SMILES string of the molecule is CNC(=O)[C@H](C)Cn1cnc2ccc(-c3cnc(OC)c(NS(=O)(=O)c4ccc(F)c(C(F)(F)F)c4)c3)cc2c1=O. The van der Waals surface area contributed by atoms with Crippen molar-refractivity contribution in [2.45, 2.75) is 24.5 Å². The monoisotopic (exact) mass is 593 g/mol. The summed E-state index contributed by atoms with van der Waals surface area (Å²) in [5.74, 6) is -2.57. The molecule has 0 spiro atoms. The number of ether oxygens (including phenoxy) is 1. The van der Waals surface area contributed by atoms with Gasteiger partial charge in [0.1, 0.15) is 11.5 Å². The number of nitrogens with zero attached hydrogens (tertiary/aromatic N) is 3. The fraction of sp³-hybridized carbons (Fsp3) is 0.231. The van der Waals surface area contributed by atoms with Crippen LogP contribution < -0.4 is 20.3 Å². The van der Waals surface area contributed by atoms with Gasteiger partial charge in [-0.05, 0) is 42.0 Å². The molecular formula is C26H23F4N5O5S. The van der Waals surface area contributed by atoms with E-state index in [4.69, 9.17) is 4.74 Å². The standard InChI is InChI=1S/C26H23F4N5O5S/c1-14(23(36)31-2)12-35-13-33-21-7-4-15(8-18(21)25(35)37)16-9-22(24(40-3)32-11-16)34-41(38,39)17-5-6-20(27)19(10-17)26(28,29)30/h4-11,13-14,34H,12H2,1-3H3,(H,31,36)/t14-/m1/s1. The lowest BCUT2D eigenvalue weighted by Crippen LogP contribution is -2.32. The first-order chi connectivity index (χ1) is 19.2. The number of pyridine rings is 1. The van der Waals surface area contributed by atoms with Crippen LogP contribution in [0.25, 0.3) is 22.0 Å². The topological polar surface area (TPSA) is 132 Å². The predicted octanol–water partition coefficient (Wildman–Crippen LogP) is 3.81. The van der Waals surface area contributed by atoms with Gasteiger partial charge in [-0.25, -0.2) is 22.8 Å². The Hall–Kier alpha value is -4.53. The number of aromatic nitrogens is 3. The summed E-state index contributed by atoms with van der Waals surface area (Å²) in [5.41, 5.74) is -1.22. The van der Waals surface area contributed by atoms with Crippen LogP contribution in [0.1, 0.15) is 12.5 Å². The molecular weight excluding hydrogens is 570 g/mol. The first-order valence-corrected chi connectivity index (χ1v) is 13.4. The summed E-state index contributed by atoms with van der Waals surface area (Å²) in [6, 6.07) is 7.32. The molecule has 2 N–H and O–H groups in total. The van der Waals surface area contributed by atoms with E-state index < -0.39 is 44.0 Å². The van der Waals surface area contributed by atoms with Gasteiger partial charge >= 0.3 is 6.18 Å². The van der Waals surface area contributed by atoms with Crippen LogP contribution in [0.3, 0.4) is 0 Å². The second kappa shape index (κ2) is 11.2. The van der Waals surface area contributed by atoms with Crippen molar-refractivity contribution in [3.63, 3.8) is 0 Å². The maximum absolute atomic E-state index is 13.7. The van der Waals surface area contributed by atoms with E-state index in [1.54, 1.807) is 19.1 Å². The Labute approximate surface area is 231 Å². The summed E-state index contributed by atoms with van der Waals surface area (Å²) < 4.78 is 87.6. The summed E-state index contributed by atoms with van der Waals surface area (Å²) in [6.45, 7) is 1.74. The molecule has 1 atom stereocenters. The number of methoxy groups -OCH3 is 1. The number of halogens is 4. The number of carbonyl (C=O) groups is 1. The second-order valence-electron chi connectivity index (χ2n) is 8.98. The number of anilines is 1. The van der Waals surface area contributed by atoms with Crippen LogP contribution in [-0.2, 0) is 27.5 Å². The molecule has 0 saturated carbocycles. The lowest BCUT2D eigenvalue weighted by atomic mass is 10.0. The number of fused-ring (bicyclic) bond motifs is 1. The molecule has 15 heteroatoms. The number of hydrogen-bond donors (Lipinski definition) is 2. The number of rotatable bonds is 8. The maximum atomic E-state index is 13.7. The fourth-order valence-electron chi connectivity index (χ4n) is 4.03. The maximum Gasteiger partial charge on any atom is 0.419 e. The van der Waals surface area contributed by atoms with Crippen LogP contribution in [0.5, 0.6) is 5.88 Å². The quantitative estimate of drug-likeness (QED) is 0.297. The molecule has 0 bridgehead atoms. The number of alkyl halides is 3. The van der Waals surface area contributed by atoms with E-state index in [2.05, 4.69) is 20.0 Å². The predicted molar refractivity (Wildman–Crippen MR) is 141 cm³/mol.